The number of hydrogen-bond acceptors (Lipinski definition) is 4. The van der Waals surface area contributed by atoms with Crippen molar-refractivity contribution in [1.29, 1.82) is 0 Å². The molecular weight excluding hydrogens is 656 g/mol. The first kappa shape index (κ1) is 24.5. The summed E-state index contributed by atoms with van der Waals surface area (Å²) < 4.78 is 7.81. The molecule has 0 atom stereocenters. The van der Waals surface area contributed by atoms with Gasteiger partial charge in [-0.2, -0.15) is 5.10 Å². The lowest BCUT2D eigenvalue weighted by Gasteiger charge is -2.12. The summed E-state index contributed by atoms with van der Waals surface area (Å²) in [6, 6.07) is 18.0. The number of halogens is 3. The number of rotatable bonds is 7. The van der Waals surface area contributed by atoms with Crippen LogP contribution in [0.5, 0.6) is 5.75 Å². The lowest BCUT2D eigenvalue weighted by Crippen LogP contribution is -2.18. The van der Waals surface area contributed by atoms with E-state index in [2.05, 4.69) is 61.0 Å². The van der Waals surface area contributed by atoms with Gasteiger partial charge in [-0.3, -0.25) is 9.59 Å². The van der Waals surface area contributed by atoms with E-state index in [1.807, 2.05) is 36.4 Å². The van der Waals surface area contributed by atoms with E-state index in [9.17, 15) is 9.59 Å². The number of hydrogen-bond donors (Lipinski definition) is 2. The average Bonchev–Trinajstić information content (AvgIpc) is 2.74. The van der Waals surface area contributed by atoms with E-state index in [1.54, 1.807) is 30.5 Å². The molecule has 0 aliphatic rings. The molecule has 0 heterocycles. The number of amides is 2. The van der Waals surface area contributed by atoms with E-state index >= 15 is 0 Å². The van der Waals surface area contributed by atoms with Gasteiger partial charge in [0.25, 0.3) is 5.91 Å². The number of benzene rings is 3. The minimum absolute atomic E-state index is 0.205. The Morgan fingerprint density at radius 1 is 1.06 bits per heavy atom. The van der Waals surface area contributed by atoms with Crippen molar-refractivity contribution in [2.45, 2.75) is 13.5 Å². The van der Waals surface area contributed by atoms with Crippen molar-refractivity contribution < 1.29 is 14.3 Å². The van der Waals surface area contributed by atoms with Crippen molar-refractivity contribution in [2.75, 3.05) is 5.32 Å². The Hall–Kier alpha value is -2.18. The van der Waals surface area contributed by atoms with Crippen LogP contribution < -0.4 is 15.5 Å². The molecule has 3 aromatic carbocycles. The number of carbonyl (C=O) groups excluding carboxylic acids is 2. The number of hydrazone groups is 1. The molecule has 0 bridgehead atoms. The second-order valence-electron chi connectivity index (χ2n) is 6.65. The molecule has 0 saturated carbocycles. The van der Waals surface area contributed by atoms with Crippen molar-refractivity contribution in [3.8, 4) is 5.75 Å². The Kier molecular flexibility index (Phi) is 8.88. The molecule has 0 fully saturated rings. The van der Waals surface area contributed by atoms with Crippen LogP contribution in [0.1, 0.15) is 28.4 Å². The predicted octanol–water partition coefficient (Wildman–Crippen LogP) is 5.85. The zero-order valence-corrected chi connectivity index (χ0v) is 21.9. The molecule has 3 rings (SSSR count). The van der Waals surface area contributed by atoms with Gasteiger partial charge in [0.15, 0.2) is 0 Å². The van der Waals surface area contributed by atoms with Gasteiger partial charge in [0.2, 0.25) is 5.91 Å². The van der Waals surface area contributed by atoms with E-state index in [-0.39, 0.29) is 11.8 Å². The predicted molar refractivity (Wildman–Crippen MR) is 143 cm³/mol. The van der Waals surface area contributed by atoms with Crippen LogP contribution in [0.2, 0.25) is 5.02 Å². The van der Waals surface area contributed by atoms with E-state index in [1.165, 1.54) is 6.92 Å². The van der Waals surface area contributed by atoms with Gasteiger partial charge in [-0.1, -0.05) is 35.9 Å². The number of nitrogens with one attached hydrogen (secondary N) is 2. The van der Waals surface area contributed by atoms with Crippen LogP contribution in [-0.4, -0.2) is 18.0 Å². The molecule has 2 N–H and O–H groups in total. The monoisotopic (exact) mass is 673 g/mol. The van der Waals surface area contributed by atoms with Crippen LogP contribution in [0.25, 0.3) is 0 Å². The molecule has 0 radical (unpaired) electrons. The summed E-state index contributed by atoms with van der Waals surface area (Å²) in [5.74, 6) is 0.184. The summed E-state index contributed by atoms with van der Waals surface area (Å²) in [6.45, 7) is 1.78. The highest BCUT2D eigenvalue weighted by Crippen LogP contribution is 2.30. The minimum Gasteiger partial charge on any atom is -0.487 e. The fourth-order valence-corrected chi connectivity index (χ4v) is 5.05. The number of anilines is 1. The third-order valence-corrected chi connectivity index (χ3v) is 6.15. The zero-order valence-electron chi connectivity index (χ0n) is 16.9. The third kappa shape index (κ3) is 6.91. The van der Waals surface area contributed by atoms with Crippen molar-refractivity contribution in [2.24, 2.45) is 5.10 Å². The van der Waals surface area contributed by atoms with Gasteiger partial charge < -0.3 is 10.1 Å². The molecule has 6 nitrogen and oxygen atoms in total. The molecule has 0 aliphatic carbocycles. The summed E-state index contributed by atoms with van der Waals surface area (Å²) in [5, 5.41) is 7.36. The molecule has 0 aromatic heterocycles. The Labute approximate surface area is 218 Å². The van der Waals surface area contributed by atoms with Crippen LogP contribution in [-0.2, 0) is 11.4 Å². The molecule has 0 saturated heterocycles. The normalized spacial score (nSPS) is 10.8. The van der Waals surface area contributed by atoms with Gasteiger partial charge in [0, 0.05) is 28.8 Å². The average molecular weight is 674 g/mol. The minimum atomic E-state index is -0.377. The first-order chi connectivity index (χ1) is 15.3. The largest absolute Gasteiger partial charge is 0.487 e. The molecule has 0 aliphatic heterocycles. The lowest BCUT2D eigenvalue weighted by molar-refractivity contribution is -0.114. The van der Waals surface area contributed by atoms with E-state index in [0.717, 1.165) is 24.0 Å². The first-order valence-electron chi connectivity index (χ1n) is 9.40. The number of carbonyl (C=O) groups is 2. The zero-order chi connectivity index (χ0) is 23.1. The van der Waals surface area contributed by atoms with Crippen LogP contribution >= 0.6 is 56.8 Å². The third-order valence-electron chi connectivity index (χ3n) is 4.18. The summed E-state index contributed by atoms with van der Waals surface area (Å²) in [7, 11) is 0. The second kappa shape index (κ2) is 11.6. The fourth-order valence-electron chi connectivity index (χ4n) is 2.73. The maximum absolute atomic E-state index is 12.3. The summed E-state index contributed by atoms with van der Waals surface area (Å²) >= 11 is 10.6. The van der Waals surface area contributed by atoms with Gasteiger partial charge >= 0.3 is 0 Å². The highest BCUT2D eigenvalue weighted by Gasteiger charge is 2.10. The highest BCUT2D eigenvalue weighted by atomic mass is 127. The molecule has 9 heteroatoms. The summed E-state index contributed by atoms with van der Waals surface area (Å²) in [6.07, 6.45) is 1.57. The smallest absolute Gasteiger partial charge is 0.271 e. The van der Waals surface area contributed by atoms with Crippen LogP contribution in [0.3, 0.4) is 0 Å². The molecule has 32 heavy (non-hydrogen) atoms. The Bertz CT molecular complexity index is 1160. The molecule has 164 valence electrons. The lowest BCUT2D eigenvalue weighted by atomic mass is 10.2. The van der Waals surface area contributed by atoms with Gasteiger partial charge in [-0.25, -0.2) is 5.43 Å². The van der Waals surface area contributed by atoms with Gasteiger partial charge in [-0.05, 0) is 87.1 Å². The highest BCUT2D eigenvalue weighted by molar-refractivity contribution is 14.1. The van der Waals surface area contributed by atoms with Crippen molar-refractivity contribution in [1.82, 2.24) is 5.43 Å². The summed E-state index contributed by atoms with van der Waals surface area (Å²) in [5.41, 5.74) is 5.17. The van der Waals surface area contributed by atoms with Crippen LogP contribution in [0.4, 0.5) is 5.69 Å². The first-order valence-corrected chi connectivity index (χ1v) is 11.9. The van der Waals surface area contributed by atoms with E-state index in [0.29, 0.717) is 22.9 Å². The van der Waals surface area contributed by atoms with Gasteiger partial charge in [-0.15, -0.1) is 0 Å². The molecular formula is C23H18ClI2N3O3. The summed E-state index contributed by atoms with van der Waals surface area (Å²) in [4.78, 5) is 23.5. The SMILES string of the molecule is CC(=O)Nc1cccc(C(=O)N/N=C\c2cc(I)c(OCc3ccccc3Cl)c(I)c2)c1. The Balaban J connectivity index is 1.64. The maximum atomic E-state index is 12.3. The van der Waals surface area contributed by atoms with Crippen molar-refractivity contribution in [3.05, 3.63) is 89.5 Å². The second-order valence-corrected chi connectivity index (χ2v) is 9.39. The van der Waals surface area contributed by atoms with E-state index in [4.69, 9.17) is 16.3 Å². The van der Waals surface area contributed by atoms with Crippen LogP contribution in [0, 0.1) is 7.14 Å². The molecule has 0 spiro atoms. The van der Waals surface area contributed by atoms with Crippen molar-refractivity contribution in [3.63, 3.8) is 0 Å². The van der Waals surface area contributed by atoms with Gasteiger partial charge in [0.05, 0.1) is 13.4 Å². The van der Waals surface area contributed by atoms with E-state index < -0.39 is 0 Å². The molecule has 0 unspecified atom stereocenters. The van der Waals surface area contributed by atoms with Crippen LogP contribution in [0.15, 0.2) is 65.8 Å². The maximum Gasteiger partial charge on any atom is 0.271 e. The van der Waals surface area contributed by atoms with Gasteiger partial charge in [0.1, 0.15) is 12.4 Å². The Morgan fingerprint density at radius 3 is 2.47 bits per heavy atom. The topological polar surface area (TPSA) is 79.8 Å². The number of ether oxygens (including phenoxy) is 1. The number of nitrogens with zero attached hydrogens (tertiary/aromatic N) is 1. The Morgan fingerprint density at radius 2 is 1.78 bits per heavy atom. The standard InChI is InChI=1S/C23H18ClI2N3O3/c1-14(30)28-18-7-4-6-16(11-18)23(31)29-27-12-15-9-20(25)22(21(26)10-15)32-13-17-5-2-3-8-19(17)24/h2-12H,13H2,1H3,(H,28,30)(H,29,31)/b27-12-. The fraction of sp³-hybridized carbons (Fsp3) is 0.0870. The quantitative estimate of drug-likeness (QED) is 0.188. The molecule has 3 aromatic rings. The van der Waals surface area contributed by atoms with Crippen molar-refractivity contribution >= 4 is 80.5 Å². The molecule has 2 amide bonds.